The standard InChI is InChI=1S/C17H23N3O3S/c1-4-12-5-6-14-13(10-23-15(14)7-12)8-16(21)19-20-17(24)18-11(2)9-22-3/h5-7,10-11H,4,8-9H2,1-3H3,(H,19,21)(H2,18,20,24)/t11-/m0/s1. The van der Waals surface area contributed by atoms with E-state index < -0.39 is 0 Å². The first-order chi connectivity index (χ1) is 11.5. The van der Waals surface area contributed by atoms with E-state index in [1.165, 1.54) is 5.56 Å². The van der Waals surface area contributed by atoms with Crippen molar-refractivity contribution in [1.82, 2.24) is 16.2 Å². The molecule has 0 radical (unpaired) electrons. The number of thiocarbonyl (C=S) groups is 1. The summed E-state index contributed by atoms with van der Waals surface area (Å²) in [6, 6.07) is 6.10. The number of methoxy groups -OCH3 is 1. The Morgan fingerprint density at radius 1 is 1.38 bits per heavy atom. The Morgan fingerprint density at radius 3 is 2.88 bits per heavy atom. The van der Waals surface area contributed by atoms with Gasteiger partial charge in [-0.25, -0.2) is 0 Å². The highest BCUT2D eigenvalue weighted by molar-refractivity contribution is 7.80. The number of ether oxygens (including phenoxy) is 1. The molecule has 1 aromatic heterocycles. The summed E-state index contributed by atoms with van der Waals surface area (Å²) in [4.78, 5) is 12.1. The molecule has 0 unspecified atom stereocenters. The average Bonchev–Trinajstić information content (AvgIpc) is 2.95. The highest BCUT2D eigenvalue weighted by Gasteiger charge is 2.11. The number of carbonyl (C=O) groups excluding carboxylic acids is 1. The van der Waals surface area contributed by atoms with Gasteiger partial charge in [0.05, 0.1) is 19.3 Å². The summed E-state index contributed by atoms with van der Waals surface area (Å²) >= 11 is 5.10. The van der Waals surface area contributed by atoms with Gasteiger partial charge in [-0.3, -0.25) is 15.6 Å². The fourth-order valence-corrected chi connectivity index (χ4v) is 2.63. The number of amides is 1. The molecule has 0 saturated carbocycles. The minimum Gasteiger partial charge on any atom is -0.464 e. The zero-order valence-corrected chi connectivity index (χ0v) is 15.0. The van der Waals surface area contributed by atoms with Gasteiger partial charge in [-0.15, -0.1) is 0 Å². The van der Waals surface area contributed by atoms with Gasteiger partial charge in [-0.1, -0.05) is 19.1 Å². The zero-order valence-electron chi connectivity index (χ0n) is 14.1. The van der Waals surface area contributed by atoms with Crippen molar-refractivity contribution < 1.29 is 13.9 Å². The van der Waals surface area contributed by atoms with Crippen molar-refractivity contribution in [3.63, 3.8) is 0 Å². The summed E-state index contributed by atoms with van der Waals surface area (Å²) in [5, 5.41) is 4.30. The third kappa shape index (κ3) is 4.94. The molecular formula is C17H23N3O3S. The summed E-state index contributed by atoms with van der Waals surface area (Å²) in [6.07, 6.45) is 2.78. The summed E-state index contributed by atoms with van der Waals surface area (Å²) < 4.78 is 10.6. The maximum atomic E-state index is 12.1. The summed E-state index contributed by atoms with van der Waals surface area (Å²) in [7, 11) is 1.62. The van der Waals surface area contributed by atoms with Crippen LogP contribution in [-0.2, 0) is 22.4 Å². The van der Waals surface area contributed by atoms with E-state index in [0.717, 1.165) is 23.0 Å². The van der Waals surface area contributed by atoms with Crippen LogP contribution < -0.4 is 16.2 Å². The molecule has 1 aromatic carbocycles. The molecule has 1 atom stereocenters. The molecule has 0 fully saturated rings. The number of rotatable bonds is 6. The van der Waals surface area contributed by atoms with Crippen LogP contribution in [0.15, 0.2) is 28.9 Å². The maximum Gasteiger partial charge on any atom is 0.242 e. The van der Waals surface area contributed by atoms with Crippen molar-refractivity contribution >= 4 is 34.2 Å². The lowest BCUT2D eigenvalue weighted by Crippen LogP contribution is -2.50. The summed E-state index contributed by atoms with van der Waals surface area (Å²) in [5.74, 6) is -0.194. The Hall–Kier alpha value is -2.12. The van der Waals surface area contributed by atoms with Gasteiger partial charge in [0.2, 0.25) is 5.91 Å². The molecule has 2 aromatic rings. The van der Waals surface area contributed by atoms with E-state index in [-0.39, 0.29) is 18.4 Å². The van der Waals surface area contributed by atoms with Crippen LogP contribution in [0.3, 0.4) is 0 Å². The molecule has 0 spiro atoms. The van der Waals surface area contributed by atoms with Crippen molar-refractivity contribution in [3.05, 3.63) is 35.6 Å². The number of hydrazine groups is 1. The van der Waals surface area contributed by atoms with Crippen LogP contribution in [0.2, 0.25) is 0 Å². The Kier molecular flexibility index (Phi) is 6.57. The number of nitrogens with one attached hydrogen (secondary N) is 3. The van der Waals surface area contributed by atoms with E-state index in [1.807, 2.05) is 25.1 Å². The first-order valence-electron chi connectivity index (χ1n) is 7.86. The number of benzene rings is 1. The third-order valence-electron chi connectivity index (χ3n) is 3.59. The van der Waals surface area contributed by atoms with Crippen molar-refractivity contribution in [3.8, 4) is 0 Å². The van der Waals surface area contributed by atoms with Crippen LogP contribution in [0.5, 0.6) is 0 Å². The highest BCUT2D eigenvalue weighted by Crippen LogP contribution is 2.23. The topological polar surface area (TPSA) is 75.5 Å². The Bertz CT molecular complexity index is 714. The molecule has 0 aliphatic heterocycles. The quantitative estimate of drug-likeness (QED) is 0.548. The Morgan fingerprint density at radius 2 is 2.17 bits per heavy atom. The molecule has 7 heteroatoms. The van der Waals surface area contributed by atoms with Gasteiger partial charge >= 0.3 is 0 Å². The molecule has 130 valence electrons. The first-order valence-corrected chi connectivity index (χ1v) is 8.27. The third-order valence-corrected chi connectivity index (χ3v) is 3.81. The molecule has 0 saturated heterocycles. The smallest absolute Gasteiger partial charge is 0.242 e. The van der Waals surface area contributed by atoms with Crippen LogP contribution in [0.25, 0.3) is 11.0 Å². The van der Waals surface area contributed by atoms with Gasteiger partial charge in [0.25, 0.3) is 0 Å². The zero-order chi connectivity index (χ0) is 17.5. The van der Waals surface area contributed by atoms with Crippen molar-refractivity contribution in [2.45, 2.75) is 32.7 Å². The molecule has 0 bridgehead atoms. The van der Waals surface area contributed by atoms with Crippen LogP contribution in [0, 0.1) is 0 Å². The van der Waals surface area contributed by atoms with Crippen LogP contribution in [0.4, 0.5) is 0 Å². The van der Waals surface area contributed by atoms with Crippen molar-refractivity contribution in [2.24, 2.45) is 0 Å². The lowest BCUT2D eigenvalue weighted by molar-refractivity contribution is -0.121. The van der Waals surface area contributed by atoms with E-state index in [9.17, 15) is 4.79 Å². The predicted molar refractivity (Wildman–Crippen MR) is 97.6 cm³/mol. The molecule has 6 nitrogen and oxygen atoms in total. The van der Waals surface area contributed by atoms with E-state index in [2.05, 4.69) is 23.1 Å². The molecular weight excluding hydrogens is 326 g/mol. The second-order valence-corrected chi connectivity index (χ2v) is 6.03. The lowest BCUT2D eigenvalue weighted by Gasteiger charge is -2.16. The van der Waals surface area contributed by atoms with Gasteiger partial charge in [-0.2, -0.15) is 0 Å². The molecule has 2 rings (SSSR count). The lowest BCUT2D eigenvalue weighted by atomic mass is 10.1. The van der Waals surface area contributed by atoms with Gasteiger partial charge in [0.15, 0.2) is 5.11 Å². The Labute approximate surface area is 146 Å². The molecule has 24 heavy (non-hydrogen) atoms. The van der Waals surface area contributed by atoms with Gasteiger partial charge in [-0.05, 0) is 37.2 Å². The van der Waals surface area contributed by atoms with Gasteiger partial charge in [0.1, 0.15) is 5.58 Å². The van der Waals surface area contributed by atoms with Gasteiger partial charge < -0.3 is 14.5 Å². The predicted octanol–water partition coefficient (Wildman–Crippen LogP) is 2.07. The Balaban J connectivity index is 1.87. The normalized spacial score (nSPS) is 12.0. The first kappa shape index (κ1) is 18.2. The van der Waals surface area contributed by atoms with E-state index in [4.69, 9.17) is 21.4 Å². The number of hydrogen-bond acceptors (Lipinski definition) is 4. The average molecular weight is 349 g/mol. The fraction of sp³-hybridized carbons (Fsp3) is 0.412. The number of carbonyl (C=O) groups is 1. The number of hydrogen-bond donors (Lipinski definition) is 3. The monoisotopic (exact) mass is 349 g/mol. The number of furan rings is 1. The van der Waals surface area contributed by atoms with Crippen LogP contribution in [-0.4, -0.2) is 30.8 Å². The van der Waals surface area contributed by atoms with Crippen LogP contribution in [0.1, 0.15) is 25.0 Å². The fourth-order valence-electron chi connectivity index (χ4n) is 2.38. The van der Waals surface area contributed by atoms with Gasteiger partial charge in [0, 0.05) is 24.1 Å². The van der Waals surface area contributed by atoms with E-state index >= 15 is 0 Å². The SMILES string of the molecule is CCc1ccc2c(CC(=O)NNC(=S)N[C@@H](C)COC)coc2c1. The molecule has 1 amide bonds. The summed E-state index contributed by atoms with van der Waals surface area (Å²) in [6.45, 7) is 4.55. The molecule has 0 aliphatic carbocycles. The molecule has 1 heterocycles. The van der Waals surface area contributed by atoms with E-state index in [1.54, 1.807) is 13.4 Å². The molecule has 0 aliphatic rings. The van der Waals surface area contributed by atoms with Crippen molar-refractivity contribution in [1.29, 1.82) is 0 Å². The minimum atomic E-state index is -0.194. The molecule has 3 N–H and O–H groups in total. The second-order valence-electron chi connectivity index (χ2n) is 5.62. The van der Waals surface area contributed by atoms with E-state index in [0.29, 0.717) is 11.7 Å². The maximum absolute atomic E-state index is 12.1. The number of aryl methyl sites for hydroxylation is 1. The number of fused-ring (bicyclic) bond motifs is 1. The highest BCUT2D eigenvalue weighted by atomic mass is 32.1. The van der Waals surface area contributed by atoms with Crippen molar-refractivity contribution in [2.75, 3.05) is 13.7 Å². The minimum absolute atomic E-state index is 0.0532. The second kappa shape index (κ2) is 8.65. The summed E-state index contributed by atoms with van der Waals surface area (Å²) in [5.41, 5.74) is 8.12. The largest absolute Gasteiger partial charge is 0.464 e. The van der Waals surface area contributed by atoms with Crippen LogP contribution >= 0.6 is 12.2 Å².